The maximum Gasteiger partial charge on any atom is 0.273 e. The molecule has 0 spiro atoms. The minimum absolute atomic E-state index is 0.163. The van der Waals surface area contributed by atoms with Crippen molar-refractivity contribution in [2.24, 2.45) is 5.92 Å². The minimum Gasteiger partial charge on any atom is -0.385 e. The van der Waals surface area contributed by atoms with Gasteiger partial charge in [0.2, 0.25) is 0 Å². The number of nitro groups is 1. The Morgan fingerprint density at radius 1 is 1.35 bits per heavy atom. The van der Waals surface area contributed by atoms with E-state index in [0.29, 0.717) is 0 Å². The van der Waals surface area contributed by atoms with E-state index in [9.17, 15) is 10.1 Å². The molecule has 1 aliphatic heterocycles. The third-order valence-electron chi connectivity index (χ3n) is 3.88. The largest absolute Gasteiger partial charge is 0.385 e. The van der Waals surface area contributed by atoms with Gasteiger partial charge in [0.25, 0.3) is 5.69 Å². The molecule has 1 aliphatic rings. The predicted octanol–water partition coefficient (Wildman–Crippen LogP) is 3.65. The van der Waals surface area contributed by atoms with Crippen molar-refractivity contribution in [3.8, 4) is 0 Å². The molecule has 1 heterocycles. The van der Waals surface area contributed by atoms with Crippen LogP contribution in [0.2, 0.25) is 0 Å². The summed E-state index contributed by atoms with van der Waals surface area (Å²) < 4.78 is 0. The SMILES string of the molecule is CCNc1cc(N2CCCC(C)CC2)cc([N+](=O)[O-])c1. The van der Waals surface area contributed by atoms with Crippen molar-refractivity contribution in [1.29, 1.82) is 0 Å². The van der Waals surface area contributed by atoms with E-state index in [0.717, 1.165) is 49.8 Å². The van der Waals surface area contributed by atoms with E-state index in [1.54, 1.807) is 12.1 Å². The topological polar surface area (TPSA) is 58.4 Å². The highest BCUT2D eigenvalue weighted by atomic mass is 16.6. The van der Waals surface area contributed by atoms with Crippen molar-refractivity contribution < 1.29 is 4.92 Å². The number of non-ortho nitro benzene ring substituents is 1. The third-order valence-corrected chi connectivity index (χ3v) is 3.88. The first kappa shape index (κ1) is 14.6. The molecule has 2 rings (SSSR count). The van der Waals surface area contributed by atoms with E-state index in [1.165, 1.54) is 6.42 Å². The van der Waals surface area contributed by atoms with Crippen molar-refractivity contribution in [1.82, 2.24) is 0 Å². The summed E-state index contributed by atoms with van der Waals surface area (Å²) in [6, 6.07) is 5.32. The monoisotopic (exact) mass is 277 g/mol. The molecule has 0 radical (unpaired) electrons. The van der Waals surface area contributed by atoms with E-state index in [1.807, 2.05) is 13.0 Å². The van der Waals surface area contributed by atoms with Gasteiger partial charge in [-0.1, -0.05) is 6.92 Å². The average molecular weight is 277 g/mol. The van der Waals surface area contributed by atoms with E-state index < -0.39 is 0 Å². The first-order chi connectivity index (χ1) is 9.60. The van der Waals surface area contributed by atoms with Gasteiger partial charge in [0.15, 0.2) is 0 Å². The lowest BCUT2D eigenvalue weighted by Crippen LogP contribution is -2.24. The Morgan fingerprint density at radius 2 is 2.15 bits per heavy atom. The summed E-state index contributed by atoms with van der Waals surface area (Å²) in [4.78, 5) is 13.0. The number of anilines is 2. The van der Waals surface area contributed by atoms with Gasteiger partial charge in [-0.2, -0.15) is 0 Å². The highest BCUT2D eigenvalue weighted by molar-refractivity contribution is 5.64. The minimum atomic E-state index is -0.315. The van der Waals surface area contributed by atoms with Crippen LogP contribution in [0.15, 0.2) is 18.2 Å². The average Bonchev–Trinajstić information content (AvgIpc) is 2.63. The van der Waals surface area contributed by atoms with Crippen molar-refractivity contribution >= 4 is 17.1 Å². The summed E-state index contributed by atoms with van der Waals surface area (Å²) in [5.74, 6) is 0.743. The summed E-state index contributed by atoms with van der Waals surface area (Å²) in [6.45, 7) is 7.00. The number of nitrogens with zero attached hydrogens (tertiary/aromatic N) is 2. The zero-order valence-corrected chi connectivity index (χ0v) is 12.3. The van der Waals surface area contributed by atoms with Crippen LogP contribution in [0.3, 0.4) is 0 Å². The number of hydrogen-bond donors (Lipinski definition) is 1. The van der Waals surface area contributed by atoms with E-state index >= 15 is 0 Å². The standard InChI is InChI=1S/C15H23N3O2/c1-3-16-13-9-14(11-15(10-13)18(19)20)17-7-4-5-12(2)6-8-17/h9-12,16H,3-8H2,1-2H3. The Bertz CT molecular complexity index is 476. The molecule has 1 aromatic carbocycles. The van der Waals surface area contributed by atoms with Crippen LogP contribution in [0, 0.1) is 16.0 Å². The van der Waals surface area contributed by atoms with Crippen LogP contribution in [0.5, 0.6) is 0 Å². The fourth-order valence-corrected chi connectivity index (χ4v) is 2.71. The molecule has 20 heavy (non-hydrogen) atoms. The van der Waals surface area contributed by atoms with Gasteiger partial charge in [0, 0.05) is 43.1 Å². The van der Waals surface area contributed by atoms with Crippen molar-refractivity contribution in [3.63, 3.8) is 0 Å². The Hall–Kier alpha value is -1.78. The molecule has 1 fully saturated rings. The number of nitro benzene ring substituents is 1. The maximum atomic E-state index is 11.1. The summed E-state index contributed by atoms with van der Waals surface area (Å²) in [7, 11) is 0. The molecule has 5 heteroatoms. The lowest BCUT2D eigenvalue weighted by Gasteiger charge is -2.23. The quantitative estimate of drug-likeness (QED) is 0.674. The molecule has 0 aliphatic carbocycles. The van der Waals surface area contributed by atoms with Crippen LogP contribution in [0.4, 0.5) is 17.1 Å². The second-order valence-electron chi connectivity index (χ2n) is 5.55. The van der Waals surface area contributed by atoms with Gasteiger partial charge < -0.3 is 10.2 Å². The van der Waals surface area contributed by atoms with Crippen LogP contribution in [-0.2, 0) is 0 Å². The molecular formula is C15H23N3O2. The summed E-state index contributed by atoms with van der Waals surface area (Å²) in [6.07, 6.45) is 3.55. The van der Waals surface area contributed by atoms with E-state index in [2.05, 4.69) is 17.1 Å². The molecular weight excluding hydrogens is 254 g/mol. The first-order valence-corrected chi connectivity index (χ1v) is 7.38. The Balaban J connectivity index is 2.26. The van der Waals surface area contributed by atoms with Gasteiger partial charge in [-0.3, -0.25) is 10.1 Å². The highest BCUT2D eigenvalue weighted by Crippen LogP contribution is 2.29. The fourth-order valence-electron chi connectivity index (χ4n) is 2.71. The Kier molecular flexibility index (Phi) is 4.82. The predicted molar refractivity (Wildman–Crippen MR) is 82.5 cm³/mol. The Morgan fingerprint density at radius 3 is 2.85 bits per heavy atom. The lowest BCUT2D eigenvalue weighted by molar-refractivity contribution is -0.384. The van der Waals surface area contributed by atoms with Crippen molar-refractivity contribution in [2.75, 3.05) is 29.9 Å². The molecule has 0 bridgehead atoms. The van der Waals surface area contributed by atoms with E-state index in [-0.39, 0.29) is 10.6 Å². The number of benzene rings is 1. The van der Waals surface area contributed by atoms with Gasteiger partial charge in [-0.25, -0.2) is 0 Å². The molecule has 1 N–H and O–H groups in total. The molecule has 0 aromatic heterocycles. The van der Waals surface area contributed by atoms with E-state index in [4.69, 9.17) is 0 Å². The van der Waals surface area contributed by atoms with Crippen LogP contribution >= 0.6 is 0 Å². The Labute approximate surface area is 120 Å². The normalized spacial score (nSPS) is 19.5. The zero-order valence-electron chi connectivity index (χ0n) is 12.3. The summed E-state index contributed by atoms with van der Waals surface area (Å²) in [5.41, 5.74) is 1.95. The second kappa shape index (κ2) is 6.59. The van der Waals surface area contributed by atoms with Gasteiger partial charge in [-0.05, 0) is 38.2 Å². The lowest BCUT2D eigenvalue weighted by atomic mass is 10.0. The molecule has 1 atom stereocenters. The van der Waals surface area contributed by atoms with Crippen molar-refractivity contribution in [3.05, 3.63) is 28.3 Å². The summed E-state index contributed by atoms with van der Waals surface area (Å²) in [5, 5.41) is 14.2. The van der Waals surface area contributed by atoms with Crippen molar-refractivity contribution in [2.45, 2.75) is 33.1 Å². The number of rotatable bonds is 4. The second-order valence-corrected chi connectivity index (χ2v) is 5.55. The molecule has 1 aromatic rings. The number of hydrogen-bond acceptors (Lipinski definition) is 4. The van der Waals surface area contributed by atoms with Crippen LogP contribution in [0.25, 0.3) is 0 Å². The third kappa shape index (κ3) is 3.62. The van der Waals surface area contributed by atoms with Gasteiger partial charge in [0.05, 0.1) is 4.92 Å². The molecule has 110 valence electrons. The number of nitrogens with one attached hydrogen (secondary N) is 1. The highest BCUT2D eigenvalue weighted by Gasteiger charge is 2.17. The molecule has 0 saturated carbocycles. The maximum absolute atomic E-state index is 11.1. The smallest absolute Gasteiger partial charge is 0.273 e. The van der Waals surface area contributed by atoms with Crippen LogP contribution in [-0.4, -0.2) is 24.6 Å². The molecule has 0 amide bonds. The van der Waals surface area contributed by atoms with Crippen LogP contribution in [0.1, 0.15) is 33.1 Å². The molecule has 1 unspecified atom stereocenters. The fraction of sp³-hybridized carbons (Fsp3) is 0.600. The molecule has 5 nitrogen and oxygen atoms in total. The van der Waals surface area contributed by atoms with Gasteiger partial charge in [0.1, 0.15) is 0 Å². The zero-order chi connectivity index (χ0) is 14.5. The summed E-state index contributed by atoms with van der Waals surface area (Å²) >= 11 is 0. The molecule has 1 saturated heterocycles. The van der Waals surface area contributed by atoms with Crippen LogP contribution < -0.4 is 10.2 Å². The first-order valence-electron chi connectivity index (χ1n) is 7.38. The van der Waals surface area contributed by atoms with Gasteiger partial charge in [-0.15, -0.1) is 0 Å². The van der Waals surface area contributed by atoms with Gasteiger partial charge >= 0.3 is 0 Å².